The summed E-state index contributed by atoms with van der Waals surface area (Å²) in [6.45, 7) is 2.01. The molecule has 6 atom stereocenters. The van der Waals surface area contributed by atoms with E-state index in [9.17, 15) is 29.1 Å². The third-order valence-corrected chi connectivity index (χ3v) is 18.0. The molecule has 0 amide bonds. The molecule has 2 saturated carbocycles. The summed E-state index contributed by atoms with van der Waals surface area (Å²) in [4.78, 5) is 84.1. The number of aliphatic carboxylic acids is 1. The summed E-state index contributed by atoms with van der Waals surface area (Å²) >= 11 is 0. The predicted molar refractivity (Wildman–Crippen MR) is 304 cm³/mol. The molecule has 4 aromatic rings. The normalized spacial score (nSPS) is 25.3. The van der Waals surface area contributed by atoms with Gasteiger partial charge in [0.05, 0.1) is 41.5 Å². The van der Waals surface area contributed by atoms with Crippen LogP contribution in [-0.2, 0) is 19.2 Å². The topological polar surface area (TPSA) is 179 Å². The lowest BCUT2D eigenvalue weighted by Crippen LogP contribution is -2.57. The number of esters is 1. The summed E-state index contributed by atoms with van der Waals surface area (Å²) in [6.07, 6.45) is 32.4. The first-order chi connectivity index (χ1) is 37.1. The minimum atomic E-state index is -0.944. The first-order valence-corrected chi connectivity index (χ1v) is 29.7. The lowest BCUT2D eigenvalue weighted by molar-refractivity contribution is -0.143. The largest absolute Gasteiger partial charge is 0.481 e. The monoisotopic (exact) mass is 1060 g/mol. The van der Waals surface area contributed by atoms with Gasteiger partial charge in [-0.25, -0.2) is 9.97 Å². The van der Waals surface area contributed by atoms with Crippen LogP contribution in [0.1, 0.15) is 235 Å². The van der Waals surface area contributed by atoms with Crippen LogP contribution in [0.5, 0.6) is 0 Å². The number of oxime groups is 1. The summed E-state index contributed by atoms with van der Waals surface area (Å²) < 4.78 is 8.81. The molecule has 15 heteroatoms. The standard InChI is InChI=1S/C31H43N3O4.C30H42N4O4.CH4/c1-2-38-29(36)19-18-28(35)30-31(37)34(27-17-10-9-16-26(27)32-30)25-20-23-14-11-15-24(21-25)33(23)22-12-7-5-3-4-6-8-13-22;1-38-32-26(17-18-28(35)36)29-30(37)34(27-16-9-8-15-25(27)31-29)24-19-22-13-10-14-23(20-24)33(22)21-11-6-4-2-3-5-7-12-21;/h9-10,16-17,22-25H,2-8,11-15,18-21H2,1H3;8-9,15-16,21-24H,2-7,10-14,17-20H2,1H3,(H,35,36);1H4/b;32-26+;/t23-,24+,25?;22-,23+,24?;. The number of carbonyl (C=O) groups is 3. The van der Waals surface area contributed by atoms with Gasteiger partial charge in [-0.15, -0.1) is 0 Å². The number of aromatic nitrogens is 4. The molecule has 4 saturated heterocycles. The quantitative estimate of drug-likeness (QED) is 0.0548. The molecule has 4 bridgehead atoms. The fourth-order valence-electron chi connectivity index (χ4n) is 14.7. The zero-order valence-corrected chi connectivity index (χ0v) is 45.6. The van der Waals surface area contributed by atoms with Gasteiger partial charge in [0.15, 0.2) is 17.2 Å². The van der Waals surface area contributed by atoms with Crippen LogP contribution in [0.15, 0.2) is 63.3 Å². The Kier molecular flexibility index (Phi) is 21.1. The number of hydrogen-bond acceptors (Lipinski definition) is 12. The molecule has 6 aliphatic rings. The Bertz CT molecular complexity index is 2720. The molecular formula is C62H89N7O8. The number of ether oxygens (including phenoxy) is 1. The summed E-state index contributed by atoms with van der Waals surface area (Å²) in [5.74, 6) is -1.75. The van der Waals surface area contributed by atoms with Crippen molar-refractivity contribution in [3.05, 3.63) is 80.6 Å². The van der Waals surface area contributed by atoms with Crippen molar-refractivity contribution in [2.75, 3.05) is 13.7 Å². The van der Waals surface area contributed by atoms with Gasteiger partial charge in [0.1, 0.15) is 12.8 Å². The van der Waals surface area contributed by atoms with E-state index in [0.29, 0.717) is 47.5 Å². The fourth-order valence-corrected chi connectivity index (χ4v) is 14.7. The Balaban J connectivity index is 0.000000201. The van der Waals surface area contributed by atoms with Crippen molar-refractivity contribution >= 4 is 45.5 Å². The second-order valence-corrected chi connectivity index (χ2v) is 22.9. The van der Waals surface area contributed by atoms with Gasteiger partial charge in [0.2, 0.25) is 0 Å². The third kappa shape index (κ3) is 14.0. The van der Waals surface area contributed by atoms with Crippen LogP contribution in [0.3, 0.4) is 0 Å². The van der Waals surface area contributed by atoms with Crippen molar-refractivity contribution in [3.8, 4) is 0 Å². The molecule has 0 radical (unpaired) electrons. The van der Waals surface area contributed by atoms with Crippen LogP contribution in [-0.4, -0.2) is 107 Å². The molecule has 420 valence electrons. The number of carbonyl (C=O) groups excluding carboxylic acids is 2. The van der Waals surface area contributed by atoms with Crippen LogP contribution in [0.25, 0.3) is 22.1 Å². The number of hydrogen-bond donors (Lipinski definition) is 1. The van der Waals surface area contributed by atoms with E-state index in [1.807, 2.05) is 57.7 Å². The maximum absolute atomic E-state index is 14.1. The van der Waals surface area contributed by atoms with Gasteiger partial charge in [-0.1, -0.05) is 127 Å². The van der Waals surface area contributed by atoms with E-state index in [-0.39, 0.29) is 80.1 Å². The highest BCUT2D eigenvalue weighted by molar-refractivity contribution is 6.01. The Morgan fingerprint density at radius 3 is 1.36 bits per heavy atom. The van der Waals surface area contributed by atoms with E-state index in [2.05, 4.69) is 24.9 Å². The van der Waals surface area contributed by atoms with Crippen LogP contribution in [0.4, 0.5) is 0 Å². The minimum Gasteiger partial charge on any atom is -0.481 e. The van der Waals surface area contributed by atoms with Crippen molar-refractivity contribution in [3.63, 3.8) is 0 Å². The number of fused-ring (bicyclic) bond motifs is 6. The van der Waals surface area contributed by atoms with Crippen molar-refractivity contribution in [1.82, 2.24) is 28.9 Å². The molecule has 1 N–H and O–H groups in total. The third-order valence-electron chi connectivity index (χ3n) is 18.0. The summed E-state index contributed by atoms with van der Waals surface area (Å²) in [7, 11) is 1.41. The number of carboxylic acid groups (broad SMARTS) is 1. The number of para-hydroxylation sites is 4. The number of Topliss-reactive ketones (excluding diaryl/α,β-unsaturated/α-hetero) is 1. The smallest absolute Gasteiger partial charge is 0.306 e. The van der Waals surface area contributed by atoms with Crippen LogP contribution < -0.4 is 11.1 Å². The number of piperidine rings is 4. The molecule has 2 unspecified atom stereocenters. The average Bonchev–Trinajstić information content (AvgIpc) is 3.70. The van der Waals surface area contributed by atoms with Crippen molar-refractivity contribution in [2.24, 2.45) is 5.16 Å². The highest BCUT2D eigenvalue weighted by atomic mass is 16.6. The minimum absolute atomic E-state index is 0. The van der Waals surface area contributed by atoms with Crippen molar-refractivity contribution in [2.45, 2.75) is 255 Å². The molecule has 2 aromatic carbocycles. The number of carboxylic acids is 1. The second kappa shape index (κ2) is 28.0. The van der Waals surface area contributed by atoms with Crippen molar-refractivity contribution < 1.29 is 29.1 Å². The Morgan fingerprint density at radius 1 is 0.532 bits per heavy atom. The molecule has 6 heterocycles. The van der Waals surface area contributed by atoms with Gasteiger partial charge in [-0.05, 0) is 108 Å². The van der Waals surface area contributed by atoms with Crippen LogP contribution in [0, 0.1) is 0 Å². The van der Waals surface area contributed by atoms with Gasteiger partial charge in [-0.3, -0.25) is 33.8 Å². The lowest BCUT2D eigenvalue weighted by atomic mass is 9.79. The highest BCUT2D eigenvalue weighted by Crippen LogP contribution is 2.44. The lowest BCUT2D eigenvalue weighted by Gasteiger charge is -2.53. The summed E-state index contributed by atoms with van der Waals surface area (Å²) in [5.41, 5.74) is 2.99. The Hall–Kier alpha value is -5.28. The number of nitrogens with zero attached hydrogens (tertiary/aromatic N) is 7. The molecule has 15 nitrogen and oxygen atoms in total. The fraction of sp³-hybridized carbons (Fsp3) is 0.677. The van der Waals surface area contributed by atoms with Crippen molar-refractivity contribution in [1.29, 1.82) is 0 Å². The van der Waals surface area contributed by atoms with E-state index in [1.165, 1.54) is 148 Å². The van der Waals surface area contributed by atoms with Crippen LogP contribution >= 0.6 is 0 Å². The Labute approximate surface area is 456 Å². The van der Waals surface area contributed by atoms with Crippen LogP contribution in [0.2, 0.25) is 0 Å². The zero-order valence-electron chi connectivity index (χ0n) is 45.6. The van der Waals surface area contributed by atoms with Gasteiger partial charge in [0.25, 0.3) is 11.1 Å². The molecule has 6 fully saturated rings. The highest BCUT2D eigenvalue weighted by Gasteiger charge is 2.44. The molecule has 0 spiro atoms. The van der Waals surface area contributed by atoms with E-state index < -0.39 is 11.9 Å². The van der Waals surface area contributed by atoms with Gasteiger partial charge in [0, 0.05) is 61.2 Å². The molecule has 2 aromatic heterocycles. The van der Waals surface area contributed by atoms with Gasteiger partial charge in [-0.2, -0.15) is 0 Å². The average molecular weight is 1060 g/mol. The summed E-state index contributed by atoms with van der Waals surface area (Å²) in [6, 6.07) is 18.9. The van der Waals surface area contributed by atoms with E-state index >= 15 is 0 Å². The first kappa shape index (κ1) is 57.9. The number of benzene rings is 2. The second-order valence-electron chi connectivity index (χ2n) is 22.9. The maximum Gasteiger partial charge on any atom is 0.306 e. The van der Waals surface area contributed by atoms with E-state index in [4.69, 9.17) is 9.57 Å². The molecule has 4 aliphatic heterocycles. The molecule has 2 aliphatic carbocycles. The predicted octanol–water partition coefficient (Wildman–Crippen LogP) is 12.3. The maximum atomic E-state index is 14.1. The zero-order chi connectivity index (χ0) is 53.0. The number of ketones is 1. The molecular weight excluding hydrogens is 971 g/mol. The number of rotatable bonds is 14. The summed E-state index contributed by atoms with van der Waals surface area (Å²) in [5, 5.41) is 13.3. The van der Waals surface area contributed by atoms with E-state index in [1.54, 1.807) is 6.92 Å². The SMILES string of the molecule is C.CCOC(=O)CCC(=O)c1nc2ccccc2n(C2C[C@H]3CCC[C@@H](C2)N3C2CCCCCCCC2)c1=O.CO/N=C(\CCC(=O)O)c1nc2ccccc2n(C2C[C@H]3CCC[C@@H](C2)N3C2CCCCCCCC2)c1=O. The van der Waals surface area contributed by atoms with E-state index in [0.717, 1.165) is 42.2 Å². The van der Waals surface area contributed by atoms with Gasteiger partial charge < -0.3 is 23.8 Å². The van der Waals surface area contributed by atoms with Gasteiger partial charge >= 0.3 is 11.9 Å². The Morgan fingerprint density at radius 2 is 0.935 bits per heavy atom. The first-order valence-electron chi connectivity index (χ1n) is 29.7. The molecule has 77 heavy (non-hydrogen) atoms. The molecule has 10 rings (SSSR count).